The zero-order valence-electron chi connectivity index (χ0n) is 19.1. The molecule has 6 heteroatoms. The van der Waals surface area contributed by atoms with E-state index < -0.39 is 18.1 Å². The van der Waals surface area contributed by atoms with E-state index in [0.717, 1.165) is 33.1 Å². The minimum Gasteiger partial charge on any atom is -0.464 e. The molecule has 4 rings (SSSR count). The molecule has 176 valence electrons. The first-order chi connectivity index (χ1) is 16.6. The number of rotatable bonds is 9. The Kier molecular flexibility index (Phi) is 8.21. The zero-order valence-corrected chi connectivity index (χ0v) is 21.3. The van der Waals surface area contributed by atoms with Crippen LogP contribution in [0.1, 0.15) is 42.4 Å². The van der Waals surface area contributed by atoms with Gasteiger partial charge in [-0.3, -0.25) is 0 Å². The molecular weight excluding hydrogens is 541 g/mol. The second-order valence-corrected chi connectivity index (χ2v) is 9.62. The maximum absolute atomic E-state index is 12.8. The van der Waals surface area contributed by atoms with Gasteiger partial charge in [-0.15, -0.1) is 0 Å². The minimum atomic E-state index is -0.812. The Labute approximate surface area is 214 Å². The Morgan fingerprint density at radius 2 is 1.53 bits per heavy atom. The molecule has 1 aliphatic rings. The van der Waals surface area contributed by atoms with Crippen molar-refractivity contribution in [2.75, 3.05) is 13.2 Å². The Balaban J connectivity index is 1.43. The van der Waals surface area contributed by atoms with E-state index in [2.05, 4.69) is 52.2 Å². The van der Waals surface area contributed by atoms with Crippen molar-refractivity contribution in [1.82, 2.24) is 5.32 Å². The number of fused-ring (bicyclic) bond motifs is 3. The lowest BCUT2D eigenvalue weighted by molar-refractivity contribution is -0.146. The topological polar surface area (TPSA) is 64.6 Å². The van der Waals surface area contributed by atoms with E-state index in [4.69, 9.17) is 9.47 Å². The normalized spacial score (nSPS) is 13.0. The van der Waals surface area contributed by atoms with Crippen LogP contribution < -0.4 is 5.32 Å². The fourth-order valence-corrected chi connectivity index (χ4v) is 4.61. The predicted octanol–water partition coefficient (Wildman–Crippen LogP) is 6.08. The SMILES string of the molecule is CCCCOC(=O)[C@H](Cc1ccc(I)cc1)NC(=O)OCC1c2ccccc2-c2ccccc21. The minimum absolute atomic E-state index is 0.0377. The molecule has 0 aliphatic heterocycles. The highest BCUT2D eigenvalue weighted by Gasteiger charge is 2.30. The van der Waals surface area contributed by atoms with Crippen LogP contribution in [0, 0.1) is 3.57 Å². The maximum atomic E-state index is 12.8. The summed E-state index contributed by atoms with van der Waals surface area (Å²) in [6, 6.07) is 23.4. The summed E-state index contributed by atoms with van der Waals surface area (Å²) in [5, 5.41) is 2.74. The van der Waals surface area contributed by atoms with Crippen molar-refractivity contribution in [3.8, 4) is 11.1 Å². The summed E-state index contributed by atoms with van der Waals surface area (Å²) in [6.45, 7) is 2.57. The number of ether oxygens (including phenoxy) is 2. The van der Waals surface area contributed by atoms with Crippen molar-refractivity contribution in [3.05, 3.63) is 93.1 Å². The van der Waals surface area contributed by atoms with Crippen molar-refractivity contribution in [2.24, 2.45) is 0 Å². The molecule has 0 unspecified atom stereocenters. The van der Waals surface area contributed by atoms with Crippen molar-refractivity contribution in [2.45, 2.75) is 38.1 Å². The highest BCUT2D eigenvalue weighted by Crippen LogP contribution is 2.44. The van der Waals surface area contributed by atoms with Crippen LogP contribution in [0.2, 0.25) is 0 Å². The van der Waals surface area contributed by atoms with Crippen LogP contribution in [0.15, 0.2) is 72.8 Å². The van der Waals surface area contributed by atoms with Gasteiger partial charge in [0.2, 0.25) is 0 Å². The quantitative estimate of drug-likeness (QED) is 0.193. The van der Waals surface area contributed by atoms with E-state index in [0.29, 0.717) is 13.0 Å². The van der Waals surface area contributed by atoms with Crippen LogP contribution in [0.25, 0.3) is 11.1 Å². The van der Waals surface area contributed by atoms with E-state index in [1.165, 1.54) is 11.1 Å². The summed E-state index contributed by atoms with van der Waals surface area (Å²) in [4.78, 5) is 25.5. The Morgan fingerprint density at radius 1 is 0.912 bits per heavy atom. The molecule has 0 saturated carbocycles. The molecule has 0 bridgehead atoms. The lowest BCUT2D eigenvalue weighted by Gasteiger charge is -2.19. The second kappa shape index (κ2) is 11.5. The molecule has 3 aromatic carbocycles. The van der Waals surface area contributed by atoms with Gasteiger partial charge < -0.3 is 14.8 Å². The number of esters is 1. The highest BCUT2D eigenvalue weighted by molar-refractivity contribution is 14.1. The number of unbranched alkanes of at least 4 members (excludes halogenated alkanes) is 1. The molecule has 0 radical (unpaired) electrons. The number of benzene rings is 3. The molecule has 3 aromatic rings. The van der Waals surface area contributed by atoms with Gasteiger partial charge in [0.1, 0.15) is 12.6 Å². The van der Waals surface area contributed by atoms with Crippen LogP contribution in [0.4, 0.5) is 4.79 Å². The molecule has 34 heavy (non-hydrogen) atoms. The van der Waals surface area contributed by atoms with Crippen molar-refractivity contribution < 1.29 is 19.1 Å². The van der Waals surface area contributed by atoms with Gasteiger partial charge in [0, 0.05) is 15.9 Å². The number of amides is 1. The van der Waals surface area contributed by atoms with Gasteiger partial charge in [0.25, 0.3) is 0 Å². The molecule has 1 N–H and O–H groups in total. The van der Waals surface area contributed by atoms with Gasteiger partial charge in [0.15, 0.2) is 0 Å². The first kappa shape index (κ1) is 24.3. The van der Waals surface area contributed by atoms with Crippen LogP contribution in [0.5, 0.6) is 0 Å². The molecule has 0 saturated heterocycles. The molecule has 0 heterocycles. The standard InChI is InChI=1S/C28H28INO4/c1-2-3-16-33-27(31)26(17-19-12-14-20(29)15-13-19)30-28(32)34-18-25-23-10-6-4-8-21(23)22-9-5-7-11-24(22)25/h4-15,25-26H,2-3,16-18H2,1H3,(H,30,32)/t26-/m0/s1. The number of halogens is 1. The maximum Gasteiger partial charge on any atom is 0.407 e. The second-order valence-electron chi connectivity index (χ2n) is 8.37. The first-order valence-electron chi connectivity index (χ1n) is 11.6. The molecule has 0 spiro atoms. The summed E-state index contributed by atoms with van der Waals surface area (Å²) in [5.74, 6) is -0.482. The van der Waals surface area contributed by atoms with Crippen LogP contribution in [-0.4, -0.2) is 31.3 Å². The monoisotopic (exact) mass is 569 g/mol. The van der Waals surface area contributed by atoms with Crippen molar-refractivity contribution in [3.63, 3.8) is 0 Å². The van der Waals surface area contributed by atoms with E-state index in [1.807, 2.05) is 55.5 Å². The molecular formula is C28H28INO4. The number of nitrogens with one attached hydrogen (secondary N) is 1. The number of hydrogen-bond donors (Lipinski definition) is 1. The van der Waals surface area contributed by atoms with Crippen LogP contribution in [0.3, 0.4) is 0 Å². The Hall–Kier alpha value is -2.87. The van der Waals surface area contributed by atoms with Crippen molar-refractivity contribution >= 4 is 34.7 Å². The smallest absolute Gasteiger partial charge is 0.407 e. The molecule has 0 fully saturated rings. The van der Waals surface area contributed by atoms with Gasteiger partial charge in [0.05, 0.1) is 6.61 Å². The van der Waals surface area contributed by atoms with E-state index in [9.17, 15) is 9.59 Å². The molecule has 1 aliphatic carbocycles. The third-order valence-electron chi connectivity index (χ3n) is 6.02. The Bertz CT molecular complexity index is 1100. The summed E-state index contributed by atoms with van der Waals surface area (Å²) in [6.07, 6.45) is 1.43. The lowest BCUT2D eigenvalue weighted by atomic mass is 9.98. The summed E-state index contributed by atoms with van der Waals surface area (Å²) >= 11 is 2.23. The van der Waals surface area contributed by atoms with Crippen LogP contribution in [-0.2, 0) is 20.7 Å². The third-order valence-corrected chi connectivity index (χ3v) is 6.73. The number of carbonyl (C=O) groups excluding carboxylic acids is 2. The average molecular weight is 569 g/mol. The predicted molar refractivity (Wildman–Crippen MR) is 141 cm³/mol. The fourth-order valence-electron chi connectivity index (χ4n) is 4.25. The van der Waals surface area contributed by atoms with Gasteiger partial charge in [-0.2, -0.15) is 0 Å². The Morgan fingerprint density at radius 3 is 2.15 bits per heavy atom. The van der Waals surface area contributed by atoms with Gasteiger partial charge in [-0.05, 0) is 69.0 Å². The number of hydrogen-bond acceptors (Lipinski definition) is 4. The largest absolute Gasteiger partial charge is 0.464 e. The summed E-state index contributed by atoms with van der Waals surface area (Å²) in [7, 11) is 0. The highest BCUT2D eigenvalue weighted by atomic mass is 127. The third kappa shape index (κ3) is 5.78. The molecule has 1 amide bonds. The van der Waals surface area contributed by atoms with Gasteiger partial charge >= 0.3 is 12.1 Å². The first-order valence-corrected chi connectivity index (χ1v) is 12.7. The summed E-state index contributed by atoms with van der Waals surface area (Å²) in [5.41, 5.74) is 5.57. The molecule has 1 atom stereocenters. The molecule has 0 aromatic heterocycles. The van der Waals surface area contributed by atoms with E-state index >= 15 is 0 Å². The fraction of sp³-hybridized carbons (Fsp3) is 0.286. The molecule has 5 nitrogen and oxygen atoms in total. The number of alkyl carbamates (subject to hydrolysis) is 1. The van der Waals surface area contributed by atoms with Gasteiger partial charge in [-0.25, -0.2) is 9.59 Å². The zero-order chi connectivity index (χ0) is 23.9. The lowest BCUT2D eigenvalue weighted by Crippen LogP contribution is -2.44. The van der Waals surface area contributed by atoms with E-state index in [1.54, 1.807) is 0 Å². The van der Waals surface area contributed by atoms with Crippen LogP contribution >= 0.6 is 22.6 Å². The van der Waals surface area contributed by atoms with Crippen molar-refractivity contribution in [1.29, 1.82) is 0 Å². The summed E-state index contributed by atoms with van der Waals surface area (Å²) < 4.78 is 12.1. The number of carbonyl (C=O) groups is 2. The average Bonchev–Trinajstić information content (AvgIpc) is 3.17. The van der Waals surface area contributed by atoms with E-state index in [-0.39, 0.29) is 12.5 Å². The van der Waals surface area contributed by atoms with Gasteiger partial charge in [-0.1, -0.05) is 74.0 Å².